The average Bonchev–Trinajstić information content (AvgIpc) is 2.69. The van der Waals surface area contributed by atoms with Gasteiger partial charge < -0.3 is 16.8 Å². The number of nitrogens with zero attached hydrogens (tertiary/aromatic N) is 4. The summed E-state index contributed by atoms with van der Waals surface area (Å²) in [6.07, 6.45) is 4.56. The van der Waals surface area contributed by atoms with Crippen LogP contribution in [0.2, 0.25) is 10.0 Å². The molecule has 2 aromatic rings. The van der Waals surface area contributed by atoms with Crippen LogP contribution < -0.4 is 28.2 Å². The second-order valence-electron chi connectivity index (χ2n) is 7.16. The molecular weight excluding hydrogens is 441 g/mol. The van der Waals surface area contributed by atoms with Gasteiger partial charge in [-0.2, -0.15) is 4.98 Å². The van der Waals surface area contributed by atoms with Gasteiger partial charge >= 0.3 is 11.4 Å². The van der Waals surface area contributed by atoms with Crippen LogP contribution in [-0.4, -0.2) is 33.2 Å². The van der Waals surface area contributed by atoms with Crippen LogP contribution in [0.25, 0.3) is 0 Å². The molecule has 11 heteroatoms. The van der Waals surface area contributed by atoms with Crippen molar-refractivity contribution in [3.8, 4) is 0 Å². The highest BCUT2D eigenvalue weighted by atomic mass is 35.5. The minimum atomic E-state index is -0.641. The van der Waals surface area contributed by atoms with Crippen molar-refractivity contribution in [1.29, 1.82) is 0 Å². The Balaban J connectivity index is 2.29. The first-order valence-corrected chi connectivity index (χ1v) is 11.0. The van der Waals surface area contributed by atoms with Crippen molar-refractivity contribution in [3.05, 3.63) is 54.8 Å². The normalized spacial score (nSPS) is 10.8. The first-order chi connectivity index (χ1) is 14.8. The van der Waals surface area contributed by atoms with Crippen molar-refractivity contribution in [3.63, 3.8) is 0 Å². The summed E-state index contributed by atoms with van der Waals surface area (Å²) in [5.41, 5.74) is 10.2. The van der Waals surface area contributed by atoms with Crippen LogP contribution in [0, 0.1) is 0 Å². The van der Waals surface area contributed by atoms with Crippen molar-refractivity contribution < 1.29 is 0 Å². The van der Waals surface area contributed by atoms with Gasteiger partial charge in [0, 0.05) is 29.7 Å². The summed E-state index contributed by atoms with van der Waals surface area (Å²) in [6.45, 7) is 3.51. The molecule has 0 aliphatic heterocycles. The molecule has 0 unspecified atom stereocenters. The molecule has 31 heavy (non-hydrogen) atoms. The maximum Gasteiger partial charge on any atom is 0.355 e. The predicted molar refractivity (Wildman–Crippen MR) is 126 cm³/mol. The van der Waals surface area contributed by atoms with Gasteiger partial charge in [0.25, 0.3) is 0 Å². The lowest BCUT2D eigenvalue weighted by atomic mass is 10.2. The van der Waals surface area contributed by atoms with Gasteiger partial charge in [0.2, 0.25) is 5.95 Å². The molecule has 0 saturated heterocycles. The Hall–Kier alpha value is -2.52. The van der Waals surface area contributed by atoms with E-state index in [9.17, 15) is 9.59 Å². The minimum absolute atomic E-state index is 0.0228. The number of anilines is 1. The highest BCUT2D eigenvalue weighted by molar-refractivity contribution is 6.34. The Morgan fingerprint density at radius 1 is 1.06 bits per heavy atom. The van der Waals surface area contributed by atoms with Crippen LogP contribution in [0.4, 0.5) is 5.95 Å². The Morgan fingerprint density at radius 2 is 1.77 bits per heavy atom. The standard InChI is InChI=1S/C20H29Cl2N7O2/c1-2-3-4-5-9-28-18(26-8-6-7-25-17(23)24)27-19(30)29(20(28)31)13-14-10-15(21)12-16(22)11-14/h10-12H,2-9,13H2,1H3,(H4,23,24,25)(H,26,27,30). The number of unbranched alkanes of at least 4 members (excludes halogenated alkanes) is 3. The molecular formula is C20H29Cl2N7O2. The monoisotopic (exact) mass is 469 g/mol. The molecule has 0 aliphatic rings. The second kappa shape index (κ2) is 12.4. The summed E-state index contributed by atoms with van der Waals surface area (Å²) in [5, 5.41) is 3.93. The van der Waals surface area contributed by atoms with E-state index in [1.54, 1.807) is 18.2 Å². The summed E-state index contributed by atoms with van der Waals surface area (Å²) < 4.78 is 2.59. The van der Waals surface area contributed by atoms with Crippen LogP contribution in [0.5, 0.6) is 0 Å². The van der Waals surface area contributed by atoms with E-state index in [4.69, 9.17) is 34.7 Å². The van der Waals surface area contributed by atoms with Crippen LogP contribution in [0.1, 0.15) is 44.6 Å². The third kappa shape index (κ3) is 7.91. The molecule has 1 aromatic carbocycles. The number of guanidine groups is 1. The Kier molecular flexibility index (Phi) is 9.87. The molecule has 0 aliphatic carbocycles. The van der Waals surface area contributed by atoms with E-state index < -0.39 is 11.4 Å². The number of hydrogen-bond acceptors (Lipinski definition) is 5. The lowest BCUT2D eigenvalue weighted by molar-refractivity contribution is 0.519. The topological polar surface area (TPSA) is 133 Å². The molecule has 9 nitrogen and oxygen atoms in total. The predicted octanol–water partition coefficient (Wildman–Crippen LogP) is 2.42. The quantitative estimate of drug-likeness (QED) is 0.248. The molecule has 5 N–H and O–H groups in total. The number of aromatic nitrogens is 3. The Labute approximate surface area is 191 Å². The first-order valence-electron chi connectivity index (χ1n) is 10.3. The molecule has 1 aromatic heterocycles. The molecule has 0 atom stereocenters. The maximum atomic E-state index is 13.2. The Morgan fingerprint density at radius 3 is 2.42 bits per heavy atom. The SMILES string of the molecule is CCCCCCn1c(NCCCN=C(N)N)nc(=O)n(Cc2cc(Cl)cc(Cl)c2)c1=O. The lowest BCUT2D eigenvalue weighted by Gasteiger charge is -2.15. The lowest BCUT2D eigenvalue weighted by Crippen LogP contribution is -2.43. The van der Waals surface area contributed by atoms with E-state index in [1.165, 1.54) is 4.57 Å². The number of nitrogens with two attached hydrogens (primary N) is 2. The number of benzene rings is 1. The van der Waals surface area contributed by atoms with Gasteiger partial charge in [-0.05, 0) is 36.6 Å². The van der Waals surface area contributed by atoms with Crippen molar-refractivity contribution in [2.75, 3.05) is 18.4 Å². The van der Waals surface area contributed by atoms with Crippen molar-refractivity contribution in [2.45, 2.75) is 52.1 Å². The molecule has 2 rings (SSSR count). The minimum Gasteiger partial charge on any atom is -0.370 e. The molecule has 1 heterocycles. The summed E-state index contributed by atoms with van der Waals surface area (Å²) in [6, 6.07) is 4.93. The number of nitrogens with one attached hydrogen (secondary N) is 1. The number of rotatable bonds is 12. The van der Waals surface area contributed by atoms with E-state index in [0.717, 1.165) is 30.3 Å². The van der Waals surface area contributed by atoms with E-state index >= 15 is 0 Å². The molecule has 0 radical (unpaired) electrons. The van der Waals surface area contributed by atoms with Gasteiger partial charge in [0.1, 0.15) is 0 Å². The van der Waals surface area contributed by atoms with Crippen LogP contribution >= 0.6 is 23.2 Å². The maximum absolute atomic E-state index is 13.2. The Bertz CT molecular complexity index is 993. The number of hydrogen-bond donors (Lipinski definition) is 3. The summed E-state index contributed by atoms with van der Waals surface area (Å²) in [5.74, 6) is 0.270. The summed E-state index contributed by atoms with van der Waals surface area (Å²) in [7, 11) is 0. The zero-order valence-electron chi connectivity index (χ0n) is 17.6. The highest BCUT2D eigenvalue weighted by Crippen LogP contribution is 2.19. The van der Waals surface area contributed by atoms with Crippen molar-refractivity contribution >= 4 is 35.1 Å². The first kappa shape index (κ1) is 24.7. The fraction of sp³-hybridized carbons (Fsp3) is 0.500. The van der Waals surface area contributed by atoms with Crippen molar-refractivity contribution in [1.82, 2.24) is 14.1 Å². The molecule has 0 amide bonds. The van der Waals surface area contributed by atoms with E-state index in [2.05, 4.69) is 22.2 Å². The van der Waals surface area contributed by atoms with Gasteiger partial charge in [-0.15, -0.1) is 0 Å². The zero-order chi connectivity index (χ0) is 22.8. The third-order valence-electron chi connectivity index (χ3n) is 4.56. The van der Waals surface area contributed by atoms with E-state index in [1.807, 2.05) is 0 Å². The van der Waals surface area contributed by atoms with Gasteiger partial charge in [0.15, 0.2) is 5.96 Å². The number of aliphatic imine (C=N–C) groups is 1. The molecule has 170 valence electrons. The van der Waals surface area contributed by atoms with Crippen LogP contribution in [0.15, 0.2) is 32.8 Å². The largest absolute Gasteiger partial charge is 0.370 e. The molecule has 0 bridgehead atoms. The molecule has 0 fully saturated rings. The smallest absolute Gasteiger partial charge is 0.355 e. The van der Waals surface area contributed by atoms with Gasteiger partial charge in [0.05, 0.1) is 6.54 Å². The van der Waals surface area contributed by atoms with Crippen LogP contribution in [-0.2, 0) is 13.1 Å². The third-order valence-corrected chi connectivity index (χ3v) is 5.00. The molecule has 0 saturated carbocycles. The van der Waals surface area contributed by atoms with E-state index in [0.29, 0.717) is 41.7 Å². The summed E-state index contributed by atoms with van der Waals surface area (Å²) in [4.78, 5) is 33.8. The average molecular weight is 470 g/mol. The summed E-state index contributed by atoms with van der Waals surface area (Å²) >= 11 is 12.1. The fourth-order valence-electron chi connectivity index (χ4n) is 3.07. The second-order valence-corrected chi connectivity index (χ2v) is 8.04. The van der Waals surface area contributed by atoms with Crippen LogP contribution in [0.3, 0.4) is 0 Å². The van der Waals surface area contributed by atoms with Gasteiger partial charge in [-0.1, -0.05) is 49.4 Å². The number of halogens is 2. The highest BCUT2D eigenvalue weighted by Gasteiger charge is 2.14. The van der Waals surface area contributed by atoms with Gasteiger partial charge in [-0.3, -0.25) is 9.56 Å². The van der Waals surface area contributed by atoms with E-state index in [-0.39, 0.29) is 18.5 Å². The zero-order valence-corrected chi connectivity index (χ0v) is 19.1. The van der Waals surface area contributed by atoms with Gasteiger partial charge in [-0.25, -0.2) is 14.2 Å². The fourth-order valence-corrected chi connectivity index (χ4v) is 3.64. The van der Waals surface area contributed by atoms with Crippen molar-refractivity contribution in [2.24, 2.45) is 16.5 Å². The molecule has 0 spiro atoms.